The van der Waals surface area contributed by atoms with E-state index in [1.54, 1.807) is 0 Å². The van der Waals surface area contributed by atoms with Gasteiger partial charge in [0.1, 0.15) is 5.75 Å². The monoisotopic (exact) mass is 304 g/mol. The fourth-order valence-corrected chi connectivity index (χ4v) is 2.20. The molecular weight excluding hydrogens is 288 g/mol. The molecule has 0 heterocycles. The summed E-state index contributed by atoms with van der Waals surface area (Å²) in [6.45, 7) is 2.01. The van der Waals surface area contributed by atoms with Crippen molar-refractivity contribution < 1.29 is 9.90 Å². The van der Waals surface area contributed by atoms with Gasteiger partial charge in [0.25, 0.3) is 5.91 Å². The molecule has 0 radical (unpaired) electrons. The second-order valence-electron chi connectivity index (χ2n) is 5.02. The molecule has 5 heteroatoms. The molecule has 110 valence electrons. The number of carbonyl (C=O) groups is 1. The minimum Gasteiger partial charge on any atom is -0.506 e. The number of amides is 1. The first kappa shape index (κ1) is 15.2. The lowest BCUT2D eigenvalue weighted by Crippen LogP contribution is -2.14. The first-order chi connectivity index (χ1) is 9.88. The first-order valence-corrected chi connectivity index (χ1v) is 6.84. The van der Waals surface area contributed by atoms with Crippen LogP contribution < -0.4 is 10.2 Å². The molecule has 2 N–H and O–H groups in total. The highest BCUT2D eigenvalue weighted by atomic mass is 35.5. The molecule has 0 aliphatic heterocycles. The van der Waals surface area contributed by atoms with Crippen LogP contribution in [0.4, 0.5) is 11.4 Å². The van der Waals surface area contributed by atoms with Crippen LogP contribution >= 0.6 is 11.6 Å². The maximum atomic E-state index is 12.2. The minimum absolute atomic E-state index is 0.0431. The fraction of sp³-hybridized carbons (Fsp3) is 0.188. The Bertz CT molecular complexity index is 684. The predicted octanol–water partition coefficient (Wildman–Crippen LogP) is 3.67. The molecule has 1 amide bonds. The van der Waals surface area contributed by atoms with Crippen LogP contribution in [0.3, 0.4) is 0 Å². The van der Waals surface area contributed by atoms with Crippen LogP contribution in [0.2, 0.25) is 5.02 Å². The molecule has 0 aliphatic carbocycles. The molecular formula is C16H17ClN2O2. The van der Waals surface area contributed by atoms with Crippen molar-refractivity contribution >= 4 is 28.9 Å². The van der Waals surface area contributed by atoms with E-state index in [1.165, 1.54) is 18.2 Å². The van der Waals surface area contributed by atoms with Gasteiger partial charge in [-0.3, -0.25) is 4.79 Å². The Morgan fingerprint density at radius 3 is 2.52 bits per heavy atom. The smallest absolute Gasteiger partial charge is 0.255 e. The van der Waals surface area contributed by atoms with E-state index in [4.69, 9.17) is 11.6 Å². The molecule has 2 aromatic rings. The van der Waals surface area contributed by atoms with E-state index in [-0.39, 0.29) is 16.7 Å². The van der Waals surface area contributed by atoms with Gasteiger partial charge in [0.15, 0.2) is 0 Å². The van der Waals surface area contributed by atoms with Crippen molar-refractivity contribution in [3.63, 3.8) is 0 Å². The Balaban J connectivity index is 2.23. The third kappa shape index (κ3) is 3.47. The van der Waals surface area contributed by atoms with Gasteiger partial charge in [-0.15, -0.1) is 0 Å². The molecule has 0 unspecified atom stereocenters. The molecule has 21 heavy (non-hydrogen) atoms. The standard InChI is InChI=1S/C16H17ClN2O2/c1-10-4-6-12(9-14(10)19(2)3)18-16(21)11-5-7-15(20)13(17)8-11/h4-9,20H,1-3H3,(H,18,21). The summed E-state index contributed by atoms with van der Waals surface area (Å²) in [6.07, 6.45) is 0. The van der Waals surface area contributed by atoms with Crippen LogP contribution in [0.15, 0.2) is 36.4 Å². The number of hydrogen-bond acceptors (Lipinski definition) is 3. The highest BCUT2D eigenvalue weighted by molar-refractivity contribution is 6.32. The van der Waals surface area contributed by atoms with Crippen LogP contribution in [0.25, 0.3) is 0 Å². The maximum Gasteiger partial charge on any atom is 0.255 e. The molecule has 0 saturated heterocycles. The zero-order valence-corrected chi connectivity index (χ0v) is 12.9. The number of aromatic hydroxyl groups is 1. The van der Waals surface area contributed by atoms with E-state index in [1.807, 2.05) is 44.1 Å². The molecule has 0 fully saturated rings. The summed E-state index contributed by atoms with van der Waals surface area (Å²) in [4.78, 5) is 14.2. The minimum atomic E-state index is -0.273. The molecule has 0 spiro atoms. The maximum absolute atomic E-state index is 12.2. The number of benzene rings is 2. The Kier molecular flexibility index (Phi) is 4.38. The van der Waals surface area contributed by atoms with Crippen LogP contribution in [0.1, 0.15) is 15.9 Å². The lowest BCUT2D eigenvalue weighted by atomic mass is 10.1. The molecule has 0 aliphatic rings. The van der Waals surface area contributed by atoms with E-state index in [0.29, 0.717) is 11.3 Å². The number of halogens is 1. The Morgan fingerprint density at radius 2 is 1.90 bits per heavy atom. The first-order valence-electron chi connectivity index (χ1n) is 6.46. The molecule has 0 aromatic heterocycles. The van der Waals surface area contributed by atoms with Gasteiger partial charge >= 0.3 is 0 Å². The number of phenolic OH excluding ortho intramolecular Hbond substituents is 1. The van der Waals surface area contributed by atoms with Gasteiger partial charge in [-0.05, 0) is 42.8 Å². The van der Waals surface area contributed by atoms with Gasteiger partial charge in [0.05, 0.1) is 5.02 Å². The number of anilines is 2. The van der Waals surface area contributed by atoms with Crippen molar-refractivity contribution in [2.75, 3.05) is 24.3 Å². The number of phenols is 1. The van der Waals surface area contributed by atoms with E-state index in [0.717, 1.165) is 11.3 Å². The van der Waals surface area contributed by atoms with Crippen LogP contribution in [0.5, 0.6) is 5.75 Å². The molecule has 2 rings (SSSR count). The van der Waals surface area contributed by atoms with Crippen LogP contribution in [-0.2, 0) is 0 Å². The van der Waals surface area contributed by atoms with Crippen LogP contribution in [0, 0.1) is 6.92 Å². The summed E-state index contributed by atoms with van der Waals surface area (Å²) in [6, 6.07) is 10.1. The predicted molar refractivity (Wildman–Crippen MR) is 86.6 cm³/mol. The Morgan fingerprint density at radius 1 is 1.19 bits per heavy atom. The molecule has 0 atom stereocenters. The zero-order valence-electron chi connectivity index (χ0n) is 12.1. The largest absolute Gasteiger partial charge is 0.506 e. The summed E-state index contributed by atoms with van der Waals surface area (Å²) in [5.74, 6) is -0.316. The lowest BCUT2D eigenvalue weighted by Gasteiger charge is -2.17. The molecule has 4 nitrogen and oxygen atoms in total. The van der Waals surface area contributed by atoms with Crippen molar-refractivity contribution in [2.24, 2.45) is 0 Å². The van der Waals surface area contributed by atoms with E-state index < -0.39 is 0 Å². The fourth-order valence-electron chi connectivity index (χ4n) is 2.02. The van der Waals surface area contributed by atoms with Crippen molar-refractivity contribution in [2.45, 2.75) is 6.92 Å². The number of carbonyl (C=O) groups excluding carboxylic acids is 1. The quantitative estimate of drug-likeness (QED) is 0.909. The summed E-state index contributed by atoms with van der Waals surface area (Å²) in [5, 5.41) is 12.3. The Labute approximate surface area is 129 Å². The third-order valence-corrected chi connectivity index (χ3v) is 3.46. The van der Waals surface area contributed by atoms with Crippen molar-refractivity contribution in [1.29, 1.82) is 0 Å². The number of aryl methyl sites for hydroxylation is 1. The number of rotatable bonds is 3. The van der Waals surface area contributed by atoms with Crippen molar-refractivity contribution in [1.82, 2.24) is 0 Å². The van der Waals surface area contributed by atoms with Crippen molar-refractivity contribution in [3.05, 3.63) is 52.5 Å². The van der Waals surface area contributed by atoms with Crippen molar-refractivity contribution in [3.8, 4) is 5.75 Å². The number of nitrogens with one attached hydrogen (secondary N) is 1. The second-order valence-corrected chi connectivity index (χ2v) is 5.42. The number of nitrogens with zero attached hydrogens (tertiary/aromatic N) is 1. The van der Waals surface area contributed by atoms with Gasteiger partial charge in [-0.2, -0.15) is 0 Å². The van der Waals surface area contributed by atoms with Crippen LogP contribution in [-0.4, -0.2) is 25.1 Å². The molecule has 0 saturated carbocycles. The zero-order chi connectivity index (χ0) is 15.6. The average molecular weight is 305 g/mol. The Hall–Kier alpha value is -2.20. The summed E-state index contributed by atoms with van der Waals surface area (Å²) in [7, 11) is 3.90. The van der Waals surface area contributed by atoms with Gasteiger partial charge < -0.3 is 15.3 Å². The average Bonchev–Trinajstić information content (AvgIpc) is 2.43. The van der Waals surface area contributed by atoms with Gasteiger partial charge in [-0.1, -0.05) is 17.7 Å². The highest BCUT2D eigenvalue weighted by Crippen LogP contribution is 2.25. The van der Waals surface area contributed by atoms with Gasteiger partial charge in [0.2, 0.25) is 0 Å². The second kappa shape index (κ2) is 6.06. The highest BCUT2D eigenvalue weighted by Gasteiger charge is 2.10. The summed E-state index contributed by atoms with van der Waals surface area (Å²) < 4.78 is 0. The van der Waals surface area contributed by atoms with Gasteiger partial charge in [0, 0.05) is 31.0 Å². The third-order valence-electron chi connectivity index (χ3n) is 3.16. The summed E-state index contributed by atoms with van der Waals surface area (Å²) >= 11 is 5.81. The van der Waals surface area contributed by atoms with E-state index in [2.05, 4.69) is 5.32 Å². The van der Waals surface area contributed by atoms with E-state index in [9.17, 15) is 9.90 Å². The SMILES string of the molecule is Cc1ccc(NC(=O)c2ccc(O)c(Cl)c2)cc1N(C)C. The lowest BCUT2D eigenvalue weighted by molar-refractivity contribution is 0.102. The molecule has 0 bridgehead atoms. The summed E-state index contributed by atoms with van der Waals surface area (Å²) in [5.41, 5.74) is 3.27. The number of hydrogen-bond donors (Lipinski definition) is 2. The van der Waals surface area contributed by atoms with Gasteiger partial charge in [-0.25, -0.2) is 0 Å². The van der Waals surface area contributed by atoms with E-state index >= 15 is 0 Å². The molecule has 2 aromatic carbocycles. The topological polar surface area (TPSA) is 52.6 Å². The normalized spacial score (nSPS) is 10.3.